The van der Waals surface area contributed by atoms with Gasteiger partial charge in [-0.15, -0.1) is 0 Å². The predicted molar refractivity (Wildman–Crippen MR) is 50.1 cm³/mol. The second-order valence-corrected chi connectivity index (χ2v) is 4.15. The average molecular weight is 197 g/mol. The lowest BCUT2D eigenvalue weighted by Crippen LogP contribution is -2.52. The van der Waals surface area contributed by atoms with Crippen LogP contribution in [0.15, 0.2) is 0 Å². The van der Waals surface area contributed by atoms with Gasteiger partial charge in [-0.3, -0.25) is 4.79 Å². The van der Waals surface area contributed by atoms with E-state index in [0.717, 1.165) is 25.7 Å². The van der Waals surface area contributed by atoms with E-state index < -0.39 is 6.09 Å². The molecule has 0 spiro atoms. The van der Waals surface area contributed by atoms with E-state index >= 15 is 0 Å². The van der Waals surface area contributed by atoms with Crippen LogP contribution in [0.1, 0.15) is 32.1 Å². The van der Waals surface area contributed by atoms with Crippen molar-refractivity contribution >= 4 is 11.9 Å². The van der Waals surface area contributed by atoms with Crippen molar-refractivity contribution in [2.75, 3.05) is 6.54 Å². The topological polar surface area (TPSA) is 57.6 Å². The maximum absolute atomic E-state index is 11.6. The van der Waals surface area contributed by atoms with Crippen molar-refractivity contribution in [1.82, 2.24) is 4.90 Å². The zero-order valence-corrected chi connectivity index (χ0v) is 8.11. The summed E-state index contributed by atoms with van der Waals surface area (Å²) in [6, 6.07) is -0.0255. The Morgan fingerprint density at radius 2 is 2.07 bits per heavy atom. The van der Waals surface area contributed by atoms with Crippen LogP contribution in [0.25, 0.3) is 0 Å². The number of amides is 1. The van der Waals surface area contributed by atoms with Crippen molar-refractivity contribution in [1.29, 1.82) is 0 Å². The van der Waals surface area contributed by atoms with E-state index in [0.29, 0.717) is 13.0 Å². The molecular formula is C10H15NO3. The normalized spacial score (nSPS) is 32.6. The van der Waals surface area contributed by atoms with Crippen LogP contribution in [-0.4, -0.2) is 34.5 Å². The summed E-state index contributed by atoms with van der Waals surface area (Å²) in [5.41, 5.74) is 0. The van der Waals surface area contributed by atoms with Gasteiger partial charge in [-0.25, -0.2) is 4.79 Å². The highest BCUT2D eigenvalue weighted by atomic mass is 16.4. The number of fused-ring (bicyclic) bond motifs is 1. The Balaban J connectivity index is 2.16. The van der Waals surface area contributed by atoms with Gasteiger partial charge >= 0.3 is 6.09 Å². The zero-order valence-electron chi connectivity index (χ0n) is 8.11. The van der Waals surface area contributed by atoms with Crippen LogP contribution in [0, 0.1) is 5.92 Å². The molecule has 2 aliphatic rings. The second-order valence-electron chi connectivity index (χ2n) is 4.15. The molecule has 1 N–H and O–H groups in total. The number of nitrogens with zero attached hydrogens (tertiary/aromatic N) is 1. The van der Waals surface area contributed by atoms with Crippen LogP contribution < -0.4 is 0 Å². The number of piperidine rings is 1. The van der Waals surface area contributed by atoms with Gasteiger partial charge in [0.05, 0.1) is 0 Å². The van der Waals surface area contributed by atoms with Crippen molar-refractivity contribution in [3.05, 3.63) is 0 Å². The third-order valence-corrected chi connectivity index (χ3v) is 3.39. The molecule has 4 nitrogen and oxygen atoms in total. The maximum Gasteiger partial charge on any atom is 0.407 e. The lowest BCUT2D eigenvalue weighted by Gasteiger charge is -2.41. The molecule has 0 bridgehead atoms. The summed E-state index contributed by atoms with van der Waals surface area (Å²) in [5, 5.41) is 8.98. The smallest absolute Gasteiger partial charge is 0.407 e. The molecule has 0 aromatic carbocycles. The highest BCUT2D eigenvalue weighted by Crippen LogP contribution is 2.33. The Labute approximate surface area is 82.9 Å². The number of carbonyl (C=O) groups is 2. The van der Waals surface area contributed by atoms with E-state index in [9.17, 15) is 9.59 Å². The minimum Gasteiger partial charge on any atom is -0.465 e. The predicted octanol–water partition coefficient (Wildman–Crippen LogP) is 1.50. The van der Waals surface area contributed by atoms with Gasteiger partial charge in [-0.05, 0) is 12.8 Å². The van der Waals surface area contributed by atoms with Crippen LogP contribution in [-0.2, 0) is 4.79 Å². The number of carboxylic acid groups (broad SMARTS) is 1. The van der Waals surface area contributed by atoms with E-state index in [4.69, 9.17) is 5.11 Å². The standard InChI is InChI=1S/C10H15NO3/c12-9-5-6-11(10(13)14)8-4-2-1-3-7(8)9/h7-8H,1-6H2,(H,13,14)/t7-,8+/m0/s1. The number of hydrogen-bond acceptors (Lipinski definition) is 2. The third-order valence-electron chi connectivity index (χ3n) is 3.39. The molecule has 1 aliphatic carbocycles. The molecule has 1 saturated heterocycles. The van der Waals surface area contributed by atoms with Crippen molar-refractivity contribution in [2.24, 2.45) is 5.92 Å². The molecule has 0 radical (unpaired) electrons. The quantitative estimate of drug-likeness (QED) is 0.640. The Hall–Kier alpha value is -1.06. The third kappa shape index (κ3) is 1.49. The van der Waals surface area contributed by atoms with Gasteiger partial charge in [0.2, 0.25) is 0 Å². The molecule has 2 atom stereocenters. The Kier molecular flexibility index (Phi) is 2.44. The lowest BCUT2D eigenvalue weighted by atomic mass is 9.78. The number of likely N-dealkylation sites (tertiary alicyclic amines) is 1. The number of carbonyl (C=O) groups excluding carboxylic acids is 1. The zero-order chi connectivity index (χ0) is 10.1. The molecule has 2 rings (SSSR count). The minimum absolute atomic E-state index is 0.00593. The number of hydrogen-bond donors (Lipinski definition) is 1. The number of rotatable bonds is 0. The van der Waals surface area contributed by atoms with Gasteiger partial charge in [0.15, 0.2) is 0 Å². The SMILES string of the molecule is O=C1CCN(C(=O)O)[C@@H]2CCCC[C@H]12. The minimum atomic E-state index is -0.866. The Morgan fingerprint density at radius 3 is 2.79 bits per heavy atom. The van der Waals surface area contributed by atoms with Crippen molar-refractivity contribution in [3.8, 4) is 0 Å². The van der Waals surface area contributed by atoms with Gasteiger partial charge in [-0.2, -0.15) is 0 Å². The van der Waals surface area contributed by atoms with Gasteiger partial charge in [0.1, 0.15) is 5.78 Å². The fraction of sp³-hybridized carbons (Fsp3) is 0.800. The molecule has 0 unspecified atom stereocenters. The van der Waals surface area contributed by atoms with Crippen molar-refractivity contribution in [2.45, 2.75) is 38.1 Å². The summed E-state index contributed by atoms with van der Waals surface area (Å²) < 4.78 is 0. The van der Waals surface area contributed by atoms with Gasteiger partial charge in [0, 0.05) is 24.9 Å². The number of Topliss-reactive ketones (excluding diaryl/α,β-unsaturated/α-hetero) is 1. The highest BCUT2D eigenvalue weighted by Gasteiger charge is 2.40. The molecule has 78 valence electrons. The molecule has 1 heterocycles. The Morgan fingerprint density at radius 1 is 1.36 bits per heavy atom. The molecule has 1 amide bonds. The van der Waals surface area contributed by atoms with Gasteiger partial charge in [0.25, 0.3) is 0 Å². The van der Waals surface area contributed by atoms with Crippen LogP contribution in [0.2, 0.25) is 0 Å². The Bertz CT molecular complexity index is 262. The average Bonchev–Trinajstić information content (AvgIpc) is 2.18. The van der Waals surface area contributed by atoms with Crippen molar-refractivity contribution < 1.29 is 14.7 Å². The number of ketones is 1. The molecule has 4 heteroatoms. The fourth-order valence-corrected chi connectivity index (χ4v) is 2.68. The summed E-state index contributed by atoms with van der Waals surface area (Å²) in [6.07, 6.45) is 3.41. The first-order valence-electron chi connectivity index (χ1n) is 5.22. The van der Waals surface area contributed by atoms with Crippen LogP contribution in [0.3, 0.4) is 0 Å². The second kappa shape index (κ2) is 3.59. The summed E-state index contributed by atoms with van der Waals surface area (Å²) in [5.74, 6) is 0.265. The van der Waals surface area contributed by atoms with Gasteiger partial charge in [-0.1, -0.05) is 12.8 Å². The van der Waals surface area contributed by atoms with Crippen LogP contribution in [0.4, 0.5) is 4.79 Å². The van der Waals surface area contributed by atoms with Crippen molar-refractivity contribution in [3.63, 3.8) is 0 Å². The first-order chi connectivity index (χ1) is 6.70. The first-order valence-corrected chi connectivity index (χ1v) is 5.22. The fourth-order valence-electron chi connectivity index (χ4n) is 2.68. The monoisotopic (exact) mass is 197 g/mol. The summed E-state index contributed by atoms with van der Waals surface area (Å²) in [4.78, 5) is 24.0. The maximum atomic E-state index is 11.6. The van der Waals surface area contributed by atoms with E-state index in [1.54, 1.807) is 0 Å². The molecule has 14 heavy (non-hydrogen) atoms. The molecular weight excluding hydrogens is 182 g/mol. The van der Waals surface area contributed by atoms with Crippen LogP contribution >= 0.6 is 0 Å². The van der Waals surface area contributed by atoms with Crippen LogP contribution in [0.5, 0.6) is 0 Å². The van der Waals surface area contributed by atoms with E-state index in [1.165, 1.54) is 4.90 Å². The van der Waals surface area contributed by atoms with Gasteiger partial charge < -0.3 is 10.0 Å². The van der Waals surface area contributed by atoms with E-state index in [-0.39, 0.29) is 17.7 Å². The molecule has 1 aliphatic heterocycles. The largest absolute Gasteiger partial charge is 0.465 e. The van der Waals surface area contributed by atoms with E-state index in [1.807, 2.05) is 0 Å². The molecule has 2 fully saturated rings. The molecule has 1 saturated carbocycles. The highest BCUT2D eigenvalue weighted by molar-refractivity contribution is 5.84. The lowest BCUT2D eigenvalue weighted by molar-refractivity contribution is -0.129. The summed E-state index contributed by atoms with van der Waals surface area (Å²) >= 11 is 0. The first kappa shape index (κ1) is 9.49. The van der Waals surface area contributed by atoms with E-state index in [2.05, 4.69) is 0 Å². The molecule has 0 aromatic rings. The molecule has 0 aromatic heterocycles. The summed E-state index contributed by atoms with van der Waals surface area (Å²) in [7, 11) is 0. The summed E-state index contributed by atoms with van der Waals surface area (Å²) in [6.45, 7) is 0.398.